The number of carbonyl (C=O) groups excluding carboxylic acids is 1. The average molecular weight is 288 g/mol. The molecule has 0 radical (unpaired) electrons. The molecule has 6 heteroatoms. The van der Waals surface area contributed by atoms with Crippen molar-refractivity contribution in [3.63, 3.8) is 0 Å². The molecule has 2 aromatic rings. The van der Waals surface area contributed by atoms with E-state index in [4.69, 9.17) is 0 Å². The van der Waals surface area contributed by atoms with Gasteiger partial charge in [-0.2, -0.15) is 0 Å². The van der Waals surface area contributed by atoms with Crippen LogP contribution in [0.15, 0.2) is 30.6 Å². The Hall–Kier alpha value is -2.50. The van der Waals surface area contributed by atoms with Crippen LogP contribution in [0.3, 0.4) is 0 Å². The number of carbonyl (C=O) groups is 1. The molecule has 0 aliphatic heterocycles. The molecule has 0 unspecified atom stereocenters. The fraction of sp³-hybridized carbons (Fsp3) is 0.267. The van der Waals surface area contributed by atoms with Gasteiger partial charge in [0.25, 0.3) is 5.91 Å². The molecule has 2 N–H and O–H groups in total. The number of halogens is 1. The summed E-state index contributed by atoms with van der Waals surface area (Å²) in [6, 6.07) is 4.94. The van der Waals surface area contributed by atoms with E-state index >= 15 is 0 Å². The summed E-state index contributed by atoms with van der Waals surface area (Å²) in [5.74, 6) is -0.697. The van der Waals surface area contributed by atoms with Crippen LogP contribution in [0.25, 0.3) is 0 Å². The third-order valence-electron chi connectivity index (χ3n) is 2.92. The van der Waals surface area contributed by atoms with E-state index in [2.05, 4.69) is 20.6 Å². The van der Waals surface area contributed by atoms with Gasteiger partial charge in [0, 0.05) is 18.9 Å². The maximum atomic E-state index is 14.2. The van der Waals surface area contributed by atoms with Crippen molar-refractivity contribution < 1.29 is 9.18 Å². The van der Waals surface area contributed by atoms with Gasteiger partial charge in [-0.3, -0.25) is 4.79 Å². The molecule has 0 saturated carbocycles. The van der Waals surface area contributed by atoms with Gasteiger partial charge in [0.05, 0.1) is 5.56 Å². The summed E-state index contributed by atoms with van der Waals surface area (Å²) in [6.45, 7) is 4.37. The first-order valence-electron chi connectivity index (χ1n) is 6.74. The first-order valence-corrected chi connectivity index (χ1v) is 6.74. The van der Waals surface area contributed by atoms with Gasteiger partial charge in [0.15, 0.2) is 11.6 Å². The molecule has 2 rings (SSSR count). The molecule has 0 aliphatic carbocycles. The smallest absolute Gasteiger partial charge is 0.259 e. The van der Waals surface area contributed by atoms with Gasteiger partial charge >= 0.3 is 0 Å². The number of pyridine rings is 2. The largest absolute Gasteiger partial charge is 0.368 e. The fourth-order valence-electron chi connectivity index (χ4n) is 1.78. The molecule has 0 aliphatic rings. The topological polar surface area (TPSA) is 66.9 Å². The van der Waals surface area contributed by atoms with Crippen LogP contribution >= 0.6 is 0 Å². The fourth-order valence-corrected chi connectivity index (χ4v) is 1.78. The average Bonchev–Trinajstić information content (AvgIpc) is 2.48. The Morgan fingerprint density at radius 1 is 1.24 bits per heavy atom. The number of nitrogens with one attached hydrogen (secondary N) is 2. The number of anilines is 2. The van der Waals surface area contributed by atoms with Crippen LogP contribution in [-0.4, -0.2) is 22.4 Å². The van der Waals surface area contributed by atoms with Crippen molar-refractivity contribution in [3.8, 4) is 0 Å². The second kappa shape index (κ2) is 6.78. The highest BCUT2D eigenvalue weighted by atomic mass is 19.1. The Kier molecular flexibility index (Phi) is 4.81. The Balaban J connectivity index is 2.21. The molecule has 1 amide bonds. The highest BCUT2D eigenvalue weighted by molar-refractivity contribution is 6.04. The Morgan fingerprint density at radius 3 is 2.71 bits per heavy atom. The van der Waals surface area contributed by atoms with Gasteiger partial charge in [0.1, 0.15) is 5.82 Å². The molecule has 0 saturated heterocycles. The molecule has 0 aromatic carbocycles. The van der Waals surface area contributed by atoms with E-state index in [1.165, 1.54) is 12.3 Å². The lowest BCUT2D eigenvalue weighted by Gasteiger charge is -2.10. The van der Waals surface area contributed by atoms with Gasteiger partial charge in [-0.25, -0.2) is 14.4 Å². The number of nitrogens with zero attached hydrogens (tertiary/aromatic N) is 2. The molecular weight excluding hydrogens is 271 g/mol. The van der Waals surface area contributed by atoms with Crippen molar-refractivity contribution in [1.82, 2.24) is 9.97 Å². The van der Waals surface area contributed by atoms with Crippen molar-refractivity contribution in [2.45, 2.75) is 20.3 Å². The Morgan fingerprint density at radius 2 is 2.00 bits per heavy atom. The monoisotopic (exact) mass is 288 g/mol. The van der Waals surface area contributed by atoms with E-state index in [0.717, 1.165) is 12.0 Å². The summed E-state index contributed by atoms with van der Waals surface area (Å²) in [4.78, 5) is 20.1. The van der Waals surface area contributed by atoms with Gasteiger partial charge in [0.2, 0.25) is 0 Å². The lowest BCUT2D eigenvalue weighted by atomic mass is 10.2. The van der Waals surface area contributed by atoms with Crippen LogP contribution in [0.4, 0.5) is 16.0 Å². The van der Waals surface area contributed by atoms with Crippen molar-refractivity contribution in [2.24, 2.45) is 0 Å². The van der Waals surface area contributed by atoms with Crippen molar-refractivity contribution >= 4 is 17.5 Å². The first kappa shape index (κ1) is 14.9. The molecule has 21 heavy (non-hydrogen) atoms. The van der Waals surface area contributed by atoms with Gasteiger partial charge < -0.3 is 10.6 Å². The number of amides is 1. The molecule has 0 bridgehead atoms. The summed E-state index contributed by atoms with van der Waals surface area (Å²) in [5.41, 5.74) is 0.748. The van der Waals surface area contributed by atoms with E-state index in [0.29, 0.717) is 12.4 Å². The SMILES string of the molecule is CCCNc1nccc(C(=O)Nc2ncccc2C)c1F. The summed E-state index contributed by atoms with van der Waals surface area (Å²) < 4.78 is 14.2. The normalized spacial score (nSPS) is 10.2. The van der Waals surface area contributed by atoms with Crippen LogP contribution in [0.5, 0.6) is 0 Å². The van der Waals surface area contributed by atoms with E-state index < -0.39 is 11.7 Å². The Bertz CT molecular complexity index is 645. The predicted molar refractivity (Wildman–Crippen MR) is 79.9 cm³/mol. The van der Waals surface area contributed by atoms with Gasteiger partial charge in [-0.15, -0.1) is 0 Å². The molecule has 5 nitrogen and oxygen atoms in total. The first-order chi connectivity index (χ1) is 10.1. The van der Waals surface area contributed by atoms with E-state index in [9.17, 15) is 9.18 Å². The van der Waals surface area contributed by atoms with Crippen LogP contribution in [0.1, 0.15) is 29.3 Å². The highest BCUT2D eigenvalue weighted by Gasteiger charge is 2.16. The molecule has 0 atom stereocenters. The Labute approximate surface area is 122 Å². The van der Waals surface area contributed by atoms with Crippen molar-refractivity contribution in [1.29, 1.82) is 0 Å². The van der Waals surface area contributed by atoms with E-state index in [1.54, 1.807) is 12.3 Å². The molecule has 110 valence electrons. The van der Waals surface area contributed by atoms with Crippen molar-refractivity contribution in [2.75, 3.05) is 17.2 Å². The molecule has 2 heterocycles. The highest BCUT2D eigenvalue weighted by Crippen LogP contribution is 2.17. The molecular formula is C15H17FN4O. The summed E-state index contributed by atoms with van der Waals surface area (Å²) >= 11 is 0. The zero-order chi connectivity index (χ0) is 15.2. The standard InChI is InChI=1S/C15H17FN4O/c1-3-7-17-14-12(16)11(6-9-19-14)15(21)20-13-10(2)5-4-8-18-13/h4-6,8-9H,3,7H2,1-2H3,(H,17,19)(H,18,20,21). The van der Waals surface area contributed by atoms with Gasteiger partial charge in [-0.1, -0.05) is 13.0 Å². The minimum Gasteiger partial charge on any atom is -0.368 e. The number of aryl methyl sites for hydroxylation is 1. The lowest BCUT2D eigenvalue weighted by Crippen LogP contribution is -2.17. The van der Waals surface area contributed by atoms with Crippen molar-refractivity contribution in [3.05, 3.63) is 47.5 Å². The predicted octanol–water partition coefficient (Wildman–Crippen LogP) is 3.00. The lowest BCUT2D eigenvalue weighted by molar-refractivity contribution is 0.102. The number of hydrogen-bond donors (Lipinski definition) is 2. The maximum Gasteiger partial charge on any atom is 0.259 e. The zero-order valence-electron chi connectivity index (χ0n) is 12.0. The van der Waals surface area contributed by atoms with Crippen LogP contribution in [-0.2, 0) is 0 Å². The van der Waals surface area contributed by atoms with Gasteiger partial charge in [-0.05, 0) is 31.0 Å². The summed E-state index contributed by atoms with van der Waals surface area (Å²) in [5, 5.41) is 5.46. The third-order valence-corrected chi connectivity index (χ3v) is 2.92. The zero-order valence-corrected chi connectivity index (χ0v) is 12.0. The molecule has 2 aromatic heterocycles. The minimum atomic E-state index is -0.656. The number of rotatable bonds is 5. The quantitative estimate of drug-likeness (QED) is 0.887. The van der Waals surface area contributed by atoms with E-state index in [-0.39, 0.29) is 11.4 Å². The number of aromatic nitrogens is 2. The van der Waals surface area contributed by atoms with Crippen LogP contribution in [0.2, 0.25) is 0 Å². The number of hydrogen-bond acceptors (Lipinski definition) is 4. The second-order valence-corrected chi connectivity index (χ2v) is 4.57. The summed E-state index contributed by atoms with van der Waals surface area (Å²) in [7, 11) is 0. The molecule has 0 fully saturated rings. The van der Waals surface area contributed by atoms with E-state index in [1.807, 2.05) is 19.9 Å². The minimum absolute atomic E-state index is 0.0614. The van der Waals surface area contributed by atoms with Crippen LogP contribution < -0.4 is 10.6 Å². The second-order valence-electron chi connectivity index (χ2n) is 4.57. The summed E-state index contributed by atoms with van der Waals surface area (Å²) in [6.07, 6.45) is 3.81. The van der Waals surface area contributed by atoms with Crippen LogP contribution in [0, 0.1) is 12.7 Å². The third kappa shape index (κ3) is 3.53. The maximum absolute atomic E-state index is 14.2. The molecule has 0 spiro atoms.